The number of rotatable bonds is 9. The number of hydrogen-bond donors (Lipinski definition) is 1. The van der Waals surface area contributed by atoms with Crippen LogP contribution in [0.4, 0.5) is 4.39 Å². The third kappa shape index (κ3) is 5.32. The molecular weight excluding hydrogens is 433 g/mol. The van der Waals surface area contributed by atoms with Crippen LogP contribution in [-0.2, 0) is 31.1 Å². The largest absolute Gasteiger partial charge is 0.464 e. The molecule has 0 spiro atoms. The monoisotopic (exact) mass is 459 g/mol. The lowest BCUT2D eigenvalue weighted by Gasteiger charge is -2.17. The van der Waals surface area contributed by atoms with E-state index in [1.807, 2.05) is 29.7 Å². The molecule has 1 N–H and O–H groups in total. The summed E-state index contributed by atoms with van der Waals surface area (Å²) in [6.07, 6.45) is -0.912. The van der Waals surface area contributed by atoms with Crippen LogP contribution in [0.3, 0.4) is 0 Å². The van der Waals surface area contributed by atoms with Crippen molar-refractivity contribution in [3.63, 3.8) is 0 Å². The van der Waals surface area contributed by atoms with Crippen LogP contribution in [0, 0.1) is 12.7 Å². The van der Waals surface area contributed by atoms with E-state index >= 15 is 0 Å². The molecule has 170 valence electrons. The van der Waals surface area contributed by atoms with Crippen molar-refractivity contribution in [2.45, 2.75) is 32.6 Å². The molecule has 0 aliphatic carbocycles. The number of halogens is 1. The fourth-order valence-corrected chi connectivity index (χ4v) is 4.11. The molecule has 0 bridgehead atoms. The summed E-state index contributed by atoms with van der Waals surface area (Å²) >= 11 is -1.93. The van der Waals surface area contributed by atoms with Gasteiger partial charge in [0.15, 0.2) is 17.2 Å². The van der Waals surface area contributed by atoms with Crippen molar-refractivity contribution in [3.8, 4) is 16.9 Å². The van der Waals surface area contributed by atoms with E-state index in [1.165, 1.54) is 12.1 Å². The summed E-state index contributed by atoms with van der Waals surface area (Å²) < 4.78 is 47.1. The topological polar surface area (TPSA) is 77.8 Å². The number of carbonyl (C=O) groups excluding carboxylic acids is 1. The smallest absolute Gasteiger partial charge is 0.339 e. The molecule has 0 aliphatic heterocycles. The molecule has 2 unspecified atom stereocenters. The van der Waals surface area contributed by atoms with Crippen LogP contribution in [0.15, 0.2) is 54.6 Å². The average Bonchev–Trinajstić information content (AvgIpc) is 3.09. The molecule has 0 amide bonds. The predicted molar refractivity (Wildman–Crippen MR) is 121 cm³/mol. The van der Waals surface area contributed by atoms with Gasteiger partial charge in [-0.2, -0.15) is 0 Å². The Bertz CT molecular complexity index is 1110. The quantitative estimate of drug-likeness (QED) is 0.362. The molecule has 8 heteroatoms. The standard InChI is InChI=1S/C24H26FNO5S/c1-4-30-23(24(27)31-5-2)21-14-22(18-11-9-17(10-12-18)15-32(28)29)26(16(21)3)20-8-6-7-19(25)13-20/h6-14,23H,4-5,15H2,1-3H3,(H,28,29). The first kappa shape index (κ1) is 23.8. The zero-order valence-corrected chi connectivity index (χ0v) is 19.0. The fourth-order valence-electron chi connectivity index (χ4n) is 3.64. The van der Waals surface area contributed by atoms with E-state index in [1.54, 1.807) is 38.1 Å². The molecule has 0 saturated carbocycles. The van der Waals surface area contributed by atoms with Crippen molar-refractivity contribution >= 4 is 17.0 Å². The summed E-state index contributed by atoms with van der Waals surface area (Å²) in [5, 5.41) is 0. The second-order valence-corrected chi connectivity index (χ2v) is 8.07. The number of aromatic nitrogens is 1. The molecule has 0 aliphatic rings. The Labute approximate surface area is 189 Å². The van der Waals surface area contributed by atoms with Gasteiger partial charge in [0.05, 0.1) is 18.1 Å². The van der Waals surface area contributed by atoms with E-state index in [0.29, 0.717) is 23.4 Å². The molecule has 1 heterocycles. The van der Waals surface area contributed by atoms with Gasteiger partial charge in [0.2, 0.25) is 0 Å². The summed E-state index contributed by atoms with van der Waals surface area (Å²) in [5.74, 6) is -0.832. The highest BCUT2D eigenvalue weighted by Gasteiger charge is 2.28. The van der Waals surface area contributed by atoms with Gasteiger partial charge in [-0.25, -0.2) is 13.4 Å². The van der Waals surface area contributed by atoms with E-state index in [4.69, 9.17) is 14.0 Å². The zero-order chi connectivity index (χ0) is 23.3. The Morgan fingerprint density at radius 1 is 1.12 bits per heavy atom. The molecule has 6 nitrogen and oxygen atoms in total. The van der Waals surface area contributed by atoms with Crippen LogP contribution in [0.25, 0.3) is 16.9 Å². The van der Waals surface area contributed by atoms with Gasteiger partial charge < -0.3 is 18.6 Å². The molecular formula is C24H26FNO5S. The number of hydrogen-bond acceptors (Lipinski definition) is 4. The predicted octanol–water partition coefficient (Wildman–Crippen LogP) is 4.95. The van der Waals surface area contributed by atoms with Crippen molar-refractivity contribution in [3.05, 3.63) is 77.2 Å². The summed E-state index contributed by atoms with van der Waals surface area (Å²) in [6, 6.07) is 15.2. The molecule has 2 aromatic carbocycles. The Morgan fingerprint density at radius 2 is 1.84 bits per heavy atom. The van der Waals surface area contributed by atoms with Gasteiger partial charge in [-0.05, 0) is 56.2 Å². The highest BCUT2D eigenvalue weighted by molar-refractivity contribution is 7.78. The molecule has 0 radical (unpaired) electrons. The van der Waals surface area contributed by atoms with Gasteiger partial charge in [0, 0.05) is 23.6 Å². The van der Waals surface area contributed by atoms with Crippen molar-refractivity contribution in [2.24, 2.45) is 0 Å². The van der Waals surface area contributed by atoms with E-state index in [9.17, 15) is 13.4 Å². The Kier molecular flexibility index (Phi) is 7.95. The third-order valence-electron chi connectivity index (χ3n) is 5.01. The zero-order valence-electron chi connectivity index (χ0n) is 18.2. The van der Waals surface area contributed by atoms with Crippen LogP contribution in [0.1, 0.15) is 36.8 Å². The molecule has 32 heavy (non-hydrogen) atoms. The maximum atomic E-state index is 14.0. The van der Waals surface area contributed by atoms with Crippen LogP contribution in [0.5, 0.6) is 0 Å². The van der Waals surface area contributed by atoms with Crippen LogP contribution >= 0.6 is 0 Å². The van der Waals surface area contributed by atoms with Crippen molar-refractivity contribution < 1.29 is 27.4 Å². The van der Waals surface area contributed by atoms with E-state index in [2.05, 4.69) is 0 Å². The lowest BCUT2D eigenvalue weighted by atomic mass is 10.1. The van der Waals surface area contributed by atoms with Gasteiger partial charge in [0.25, 0.3) is 0 Å². The van der Waals surface area contributed by atoms with Crippen LogP contribution in [-0.4, -0.2) is 32.5 Å². The minimum Gasteiger partial charge on any atom is -0.464 e. The second kappa shape index (κ2) is 10.7. The second-order valence-electron chi connectivity index (χ2n) is 7.14. The Hall–Kier alpha value is -2.81. The number of carbonyl (C=O) groups is 1. The van der Waals surface area contributed by atoms with Gasteiger partial charge in [-0.1, -0.05) is 30.3 Å². The first-order valence-corrected chi connectivity index (χ1v) is 11.6. The van der Waals surface area contributed by atoms with Gasteiger partial charge >= 0.3 is 5.97 Å². The SMILES string of the molecule is CCOC(=O)C(OCC)c1cc(-c2ccc(CS(=O)O)cc2)n(-c2cccc(F)c2)c1C. The van der Waals surface area contributed by atoms with E-state index in [0.717, 1.165) is 17.0 Å². The number of esters is 1. The highest BCUT2D eigenvalue weighted by atomic mass is 32.2. The summed E-state index contributed by atoms with van der Waals surface area (Å²) in [4.78, 5) is 12.6. The maximum absolute atomic E-state index is 14.0. The molecule has 1 aromatic heterocycles. The van der Waals surface area contributed by atoms with E-state index in [-0.39, 0.29) is 18.2 Å². The first-order chi connectivity index (χ1) is 15.3. The van der Waals surface area contributed by atoms with Crippen molar-refractivity contribution in [1.29, 1.82) is 0 Å². The fraction of sp³-hybridized carbons (Fsp3) is 0.292. The average molecular weight is 460 g/mol. The summed E-state index contributed by atoms with van der Waals surface area (Å²) in [6.45, 7) is 5.93. The molecule has 2 atom stereocenters. The third-order valence-corrected chi connectivity index (χ3v) is 5.59. The first-order valence-electron chi connectivity index (χ1n) is 10.3. The van der Waals surface area contributed by atoms with Crippen LogP contribution < -0.4 is 0 Å². The molecule has 3 rings (SSSR count). The normalized spacial score (nSPS) is 13.0. The lowest BCUT2D eigenvalue weighted by molar-refractivity contribution is -0.157. The minimum atomic E-state index is -1.93. The summed E-state index contributed by atoms with van der Waals surface area (Å²) in [7, 11) is 0. The summed E-state index contributed by atoms with van der Waals surface area (Å²) in [5.41, 5.74) is 4.20. The van der Waals surface area contributed by atoms with Crippen molar-refractivity contribution in [2.75, 3.05) is 13.2 Å². The lowest BCUT2D eigenvalue weighted by Crippen LogP contribution is -2.19. The van der Waals surface area contributed by atoms with Gasteiger partial charge in [0.1, 0.15) is 5.82 Å². The number of ether oxygens (including phenoxy) is 2. The molecule has 3 aromatic rings. The van der Waals surface area contributed by atoms with Gasteiger partial charge in [-0.15, -0.1) is 0 Å². The minimum absolute atomic E-state index is 0.0325. The van der Waals surface area contributed by atoms with Gasteiger partial charge in [-0.3, -0.25) is 0 Å². The highest BCUT2D eigenvalue weighted by Crippen LogP contribution is 2.34. The Balaban J connectivity index is 2.17. The number of nitrogens with zero attached hydrogens (tertiary/aromatic N) is 1. The van der Waals surface area contributed by atoms with Crippen LogP contribution in [0.2, 0.25) is 0 Å². The Morgan fingerprint density at radius 3 is 2.44 bits per heavy atom. The molecule has 0 saturated heterocycles. The maximum Gasteiger partial charge on any atom is 0.339 e. The van der Waals surface area contributed by atoms with Crippen molar-refractivity contribution in [1.82, 2.24) is 4.57 Å². The number of benzene rings is 2. The molecule has 0 fully saturated rings. The van der Waals surface area contributed by atoms with E-state index < -0.39 is 23.2 Å².